The smallest absolute Gasteiger partial charge is 0.390 e. The standard InChI is InChI=1S/C22H26F3N3O3/c1-10(2)28-9-14(12(4)27-28)18-19(17-8-16(29)20(18)31-17)21(30)26-13-6-5-11(3)15(7-13)22(23,24)25/h5-7,9-10,16-20,29H,8H2,1-4H3,(H,26,30)/t16-,17+,18+,19-,20-/m0/s1. The number of aryl methyl sites for hydroxylation is 2. The van der Waals surface area contributed by atoms with Crippen molar-refractivity contribution in [1.82, 2.24) is 9.78 Å². The van der Waals surface area contributed by atoms with Crippen molar-refractivity contribution in [2.75, 3.05) is 5.32 Å². The molecule has 2 aliphatic heterocycles. The third-order valence-corrected chi connectivity index (χ3v) is 6.28. The zero-order chi connectivity index (χ0) is 22.7. The molecule has 3 heterocycles. The van der Waals surface area contributed by atoms with E-state index in [0.29, 0.717) is 6.42 Å². The van der Waals surface area contributed by atoms with Crippen LogP contribution in [0.25, 0.3) is 0 Å². The fourth-order valence-corrected chi connectivity index (χ4v) is 4.73. The van der Waals surface area contributed by atoms with Gasteiger partial charge in [-0.3, -0.25) is 9.48 Å². The molecule has 2 aromatic rings. The van der Waals surface area contributed by atoms with Gasteiger partial charge in [0.05, 0.1) is 35.5 Å². The number of nitrogens with one attached hydrogen (secondary N) is 1. The molecule has 9 heteroatoms. The third kappa shape index (κ3) is 3.85. The van der Waals surface area contributed by atoms with E-state index in [1.165, 1.54) is 19.1 Å². The number of amides is 1. The summed E-state index contributed by atoms with van der Waals surface area (Å²) in [6.45, 7) is 7.20. The Morgan fingerprint density at radius 2 is 2.03 bits per heavy atom. The number of carbonyl (C=O) groups excluding carboxylic acids is 1. The third-order valence-electron chi connectivity index (χ3n) is 6.28. The molecule has 31 heavy (non-hydrogen) atoms. The van der Waals surface area contributed by atoms with Crippen molar-refractivity contribution >= 4 is 11.6 Å². The van der Waals surface area contributed by atoms with Crippen molar-refractivity contribution in [2.45, 2.75) is 70.6 Å². The van der Waals surface area contributed by atoms with Crippen LogP contribution in [0.3, 0.4) is 0 Å². The summed E-state index contributed by atoms with van der Waals surface area (Å²) < 4.78 is 47.5. The van der Waals surface area contributed by atoms with Crippen molar-refractivity contribution in [3.63, 3.8) is 0 Å². The second kappa shape index (κ2) is 7.63. The van der Waals surface area contributed by atoms with Gasteiger partial charge in [-0.2, -0.15) is 18.3 Å². The molecule has 1 amide bonds. The number of aliphatic hydroxyl groups is 1. The fraction of sp³-hybridized carbons (Fsp3) is 0.545. The molecule has 1 aromatic carbocycles. The molecular formula is C22H26F3N3O3. The summed E-state index contributed by atoms with van der Waals surface area (Å²) in [5, 5.41) is 17.6. The molecule has 2 N–H and O–H groups in total. The Morgan fingerprint density at radius 1 is 1.32 bits per heavy atom. The number of rotatable bonds is 4. The average molecular weight is 437 g/mol. The number of anilines is 1. The largest absolute Gasteiger partial charge is 0.416 e. The summed E-state index contributed by atoms with van der Waals surface area (Å²) in [5.74, 6) is -1.47. The number of aliphatic hydroxyl groups excluding tert-OH is 1. The second-order valence-corrected chi connectivity index (χ2v) is 8.75. The van der Waals surface area contributed by atoms with Gasteiger partial charge in [0.1, 0.15) is 0 Å². The molecule has 168 valence electrons. The van der Waals surface area contributed by atoms with Crippen LogP contribution in [0.2, 0.25) is 0 Å². The van der Waals surface area contributed by atoms with Crippen molar-refractivity contribution in [3.05, 3.63) is 46.8 Å². The number of hydrogen-bond donors (Lipinski definition) is 2. The molecule has 2 aliphatic rings. The molecule has 2 fully saturated rings. The maximum absolute atomic E-state index is 13.3. The lowest BCUT2D eigenvalue weighted by Crippen LogP contribution is -2.41. The van der Waals surface area contributed by atoms with Crippen molar-refractivity contribution < 1.29 is 27.8 Å². The van der Waals surface area contributed by atoms with E-state index in [0.717, 1.165) is 17.3 Å². The van der Waals surface area contributed by atoms with Crippen LogP contribution >= 0.6 is 0 Å². The molecule has 4 rings (SSSR count). The molecule has 0 saturated carbocycles. The number of nitrogens with zero attached hydrogens (tertiary/aromatic N) is 2. The van der Waals surface area contributed by atoms with Gasteiger partial charge in [0, 0.05) is 30.3 Å². The number of aromatic nitrogens is 2. The number of halogens is 3. The SMILES string of the molecule is Cc1ccc(NC(=O)[C@@H]2[C@@H](c3cn(C(C)C)nc3C)[C@H]3O[C@@H]2C[C@@H]3O)cc1C(F)(F)F. The minimum atomic E-state index is -4.50. The summed E-state index contributed by atoms with van der Waals surface area (Å²) in [7, 11) is 0. The number of ether oxygens (including phenoxy) is 1. The maximum atomic E-state index is 13.3. The van der Waals surface area contributed by atoms with Gasteiger partial charge in [-0.15, -0.1) is 0 Å². The molecule has 0 radical (unpaired) electrons. The number of hydrogen-bond acceptors (Lipinski definition) is 4. The van der Waals surface area contributed by atoms with Crippen molar-refractivity contribution in [2.24, 2.45) is 5.92 Å². The Balaban J connectivity index is 1.64. The van der Waals surface area contributed by atoms with Gasteiger partial charge < -0.3 is 15.2 Å². The number of carbonyl (C=O) groups is 1. The lowest BCUT2D eigenvalue weighted by atomic mass is 9.74. The highest BCUT2D eigenvalue weighted by molar-refractivity contribution is 5.94. The Kier molecular flexibility index (Phi) is 5.37. The number of alkyl halides is 3. The van der Waals surface area contributed by atoms with E-state index in [-0.39, 0.29) is 17.3 Å². The van der Waals surface area contributed by atoms with Gasteiger partial charge in [-0.25, -0.2) is 0 Å². The summed E-state index contributed by atoms with van der Waals surface area (Å²) in [6, 6.07) is 3.88. The Hall–Kier alpha value is -2.39. The van der Waals surface area contributed by atoms with E-state index in [9.17, 15) is 23.1 Å². The van der Waals surface area contributed by atoms with E-state index in [2.05, 4.69) is 10.4 Å². The predicted molar refractivity (Wildman–Crippen MR) is 108 cm³/mol. The molecule has 0 spiro atoms. The summed E-state index contributed by atoms with van der Waals surface area (Å²) in [4.78, 5) is 13.2. The highest BCUT2D eigenvalue weighted by atomic mass is 19.4. The van der Waals surface area contributed by atoms with E-state index >= 15 is 0 Å². The first-order chi connectivity index (χ1) is 14.5. The monoisotopic (exact) mass is 437 g/mol. The van der Waals surface area contributed by atoms with E-state index < -0.39 is 47.8 Å². The molecule has 2 bridgehead atoms. The van der Waals surface area contributed by atoms with Gasteiger partial charge in [-0.05, 0) is 51.0 Å². The van der Waals surface area contributed by atoms with E-state index in [1.54, 1.807) is 4.68 Å². The second-order valence-electron chi connectivity index (χ2n) is 8.75. The van der Waals surface area contributed by atoms with Crippen molar-refractivity contribution in [3.8, 4) is 0 Å². The first-order valence-corrected chi connectivity index (χ1v) is 10.3. The minimum Gasteiger partial charge on any atom is -0.390 e. The Morgan fingerprint density at radius 3 is 2.65 bits per heavy atom. The van der Waals surface area contributed by atoms with Gasteiger partial charge >= 0.3 is 6.18 Å². The van der Waals surface area contributed by atoms with Crippen LogP contribution in [-0.4, -0.2) is 39.1 Å². The molecular weight excluding hydrogens is 411 g/mol. The molecule has 2 saturated heterocycles. The van der Waals surface area contributed by atoms with Gasteiger partial charge in [0.25, 0.3) is 0 Å². The minimum absolute atomic E-state index is 0.0830. The topological polar surface area (TPSA) is 76.4 Å². The van der Waals surface area contributed by atoms with Crippen LogP contribution in [0, 0.1) is 19.8 Å². The normalized spacial score (nSPS) is 27.8. The van der Waals surface area contributed by atoms with Gasteiger partial charge in [-0.1, -0.05) is 6.07 Å². The molecule has 0 aliphatic carbocycles. The number of fused-ring (bicyclic) bond motifs is 2. The van der Waals surface area contributed by atoms with Crippen LogP contribution in [-0.2, 0) is 15.7 Å². The molecule has 0 unspecified atom stereocenters. The van der Waals surface area contributed by atoms with E-state index in [1.807, 2.05) is 27.0 Å². The van der Waals surface area contributed by atoms with Crippen LogP contribution < -0.4 is 5.32 Å². The van der Waals surface area contributed by atoms with Crippen LogP contribution in [0.5, 0.6) is 0 Å². The van der Waals surface area contributed by atoms with Gasteiger partial charge in [0.15, 0.2) is 0 Å². The molecule has 5 atom stereocenters. The van der Waals surface area contributed by atoms with E-state index in [4.69, 9.17) is 4.74 Å². The zero-order valence-electron chi connectivity index (χ0n) is 17.8. The Labute approximate surface area is 178 Å². The van der Waals surface area contributed by atoms with Crippen LogP contribution in [0.4, 0.5) is 18.9 Å². The molecule has 1 aromatic heterocycles. The quantitative estimate of drug-likeness (QED) is 0.759. The molecule has 6 nitrogen and oxygen atoms in total. The highest BCUT2D eigenvalue weighted by Gasteiger charge is 2.57. The predicted octanol–water partition coefficient (Wildman–Crippen LogP) is 3.97. The zero-order valence-corrected chi connectivity index (χ0v) is 17.8. The lowest BCUT2D eigenvalue weighted by molar-refractivity contribution is -0.138. The summed E-state index contributed by atoms with van der Waals surface area (Å²) >= 11 is 0. The summed E-state index contributed by atoms with van der Waals surface area (Å²) in [6.07, 6.45) is -4.06. The van der Waals surface area contributed by atoms with Crippen molar-refractivity contribution in [1.29, 1.82) is 0 Å². The van der Waals surface area contributed by atoms with Crippen LogP contribution in [0.1, 0.15) is 54.6 Å². The van der Waals surface area contributed by atoms with Gasteiger partial charge in [0.2, 0.25) is 5.91 Å². The fourth-order valence-electron chi connectivity index (χ4n) is 4.73. The Bertz CT molecular complexity index is 1000. The highest BCUT2D eigenvalue weighted by Crippen LogP contribution is 2.50. The first-order valence-electron chi connectivity index (χ1n) is 10.3. The first kappa shape index (κ1) is 21.8. The van der Waals surface area contributed by atoms with Crippen LogP contribution in [0.15, 0.2) is 24.4 Å². The average Bonchev–Trinajstić information content (AvgIpc) is 3.33. The maximum Gasteiger partial charge on any atom is 0.416 e. The summed E-state index contributed by atoms with van der Waals surface area (Å²) in [5.41, 5.74) is 0.955. The lowest BCUT2D eigenvalue weighted by Gasteiger charge is -2.29. The number of benzene rings is 1.